The summed E-state index contributed by atoms with van der Waals surface area (Å²) in [6.45, 7) is 12.9. The number of piperidine rings is 1. The van der Waals surface area contributed by atoms with Gasteiger partial charge in [0, 0.05) is 36.7 Å². The van der Waals surface area contributed by atoms with Crippen molar-refractivity contribution in [3.05, 3.63) is 83.4 Å². The number of nitrogens with one attached hydrogen (secondary N) is 1. The van der Waals surface area contributed by atoms with Crippen LogP contribution in [-0.4, -0.2) is 47.0 Å². The van der Waals surface area contributed by atoms with Crippen molar-refractivity contribution in [2.45, 2.75) is 40.7 Å². The molecule has 2 heterocycles. The molecular weight excluding hydrogens is 486 g/mol. The van der Waals surface area contributed by atoms with Gasteiger partial charge in [-0.1, -0.05) is 56.3 Å². The molecule has 0 spiro atoms. The van der Waals surface area contributed by atoms with Crippen molar-refractivity contribution in [1.29, 1.82) is 0 Å². The monoisotopic (exact) mass is 525 g/mol. The number of benzene rings is 3. The molecule has 1 saturated heterocycles. The van der Waals surface area contributed by atoms with Crippen molar-refractivity contribution < 1.29 is 14.6 Å². The highest BCUT2D eigenvalue weighted by Gasteiger charge is 2.23. The topological polar surface area (TPSA) is 70.1 Å². The lowest BCUT2D eigenvalue weighted by Crippen LogP contribution is -2.38. The molecule has 0 bridgehead atoms. The molecule has 6 heteroatoms. The van der Waals surface area contributed by atoms with E-state index in [1.165, 1.54) is 12.0 Å². The van der Waals surface area contributed by atoms with Crippen LogP contribution in [0.5, 0.6) is 17.4 Å². The first-order chi connectivity index (χ1) is 18.9. The Morgan fingerprint density at radius 2 is 1.56 bits per heavy atom. The third-order valence-corrected chi connectivity index (χ3v) is 7.25. The summed E-state index contributed by atoms with van der Waals surface area (Å²) in [5.41, 5.74) is 5.14. The lowest BCUT2D eigenvalue weighted by atomic mass is 9.91. The fourth-order valence-electron chi connectivity index (χ4n) is 5.81. The minimum absolute atomic E-state index is 0.0636. The molecule has 1 aromatic heterocycles. The normalized spacial score (nSPS) is 18.4. The highest BCUT2D eigenvalue weighted by atomic mass is 16.5. The van der Waals surface area contributed by atoms with Crippen LogP contribution in [0.15, 0.2) is 71.7 Å². The lowest BCUT2D eigenvalue weighted by molar-refractivity contribution is 0.134. The Kier molecular flexibility index (Phi) is 8.22. The summed E-state index contributed by atoms with van der Waals surface area (Å²) in [4.78, 5) is 10.8. The van der Waals surface area contributed by atoms with Gasteiger partial charge in [0.15, 0.2) is 17.4 Å². The number of aromatic amines is 1. The first-order valence-corrected chi connectivity index (χ1v) is 14.0. The van der Waals surface area contributed by atoms with E-state index in [1.807, 2.05) is 56.3 Å². The molecule has 1 aliphatic rings. The minimum atomic E-state index is 0.0636. The number of rotatable bonds is 9. The largest absolute Gasteiger partial charge is 0.494 e. The molecule has 0 saturated carbocycles. The lowest BCUT2D eigenvalue weighted by Gasteiger charge is -2.35. The molecule has 39 heavy (non-hydrogen) atoms. The van der Waals surface area contributed by atoms with E-state index in [2.05, 4.69) is 48.0 Å². The Morgan fingerprint density at radius 3 is 2.21 bits per heavy atom. The molecule has 1 fully saturated rings. The van der Waals surface area contributed by atoms with E-state index in [9.17, 15) is 5.11 Å². The van der Waals surface area contributed by atoms with Crippen molar-refractivity contribution >= 4 is 22.3 Å². The van der Waals surface area contributed by atoms with Crippen molar-refractivity contribution in [2.24, 2.45) is 16.8 Å². The van der Waals surface area contributed by atoms with Crippen LogP contribution in [0.25, 0.3) is 10.9 Å². The smallest absolute Gasteiger partial charge is 0.199 e. The summed E-state index contributed by atoms with van der Waals surface area (Å²) in [5.74, 6) is 2.83. The Hall–Kier alpha value is -3.77. The second kappa shape index (κ2) is 12.0. The van der Waals surface area contributed by atoms with Gasteiger partial charge in [-0.25, -0.2) is 4.99 Å². The van der Waals surface area contributed by atoms with E-state index < -0.39 is 0 Å². The Morgan fingerprint density at radius 1 is 0.923 bits per heavy atom. The SMILES string of the molecule is CCOc1cc2[nH]c(O)c(C(=Nc3ccc(CN4CC(C)CC(C)C4)cc3)c3ccccc3)c2cc1OCC. The van der Waals surface area contributed by atoms with E-state index in [0.29, 0.717) is 36.0 Å². The van der Waals surface area contributed by atoms with Crippen LogP contribution in [-0.2, 0) is 6.54 Å². The molecule has 0 radical (unpaired) electrons. The molecule has 1 aliphatic heterocycles. The van der Waals surface area contributed by atoms with Crippen LogP contribution in [0.2, 0.25) is 0 Å². The summed E-state index contributed by atoms with van der Waals surface area (Å²) in [6.07, 6.45) is 1.31. The van der Waals surface area contributed by atoms with Crippen LogP contribution in [0.4, 0.5) is 5.69 Å². The molecular formula is C33H39N3O3. The third-order valence-electron chi connectivity index (χ3n) is 7.25. The average molecular weight is 526 g/mol. The van der Waals surface area contributed by atoms with Crippen LogP contribution >= 0.6 is 0 Å². The second-order valence-corrected chi connectivity index (χ2v) is 10.7. The van der Waals surface area contributed by atoms with Gasteiger partial charge in [-0.2, -0.15) is 0 Å². The fraction of sp³-hybridized carbons (Fsp3) is 0.364. The zero-order chi connectivity index (χ0) is 27.4. The Balaban J connectivity index is 1.53. The maximum Gasteiger partial charge on any atom is 0.199 e. The number of hydrogen-bond donors (Lipinski definition) is 2. The van der Waals surface area contributed by atoms with Gasteiger partial charge in [0.25, 0.3) is 0 Å². The number of H-pyrrole nitrogens is 1. The molecule has 204 valence electrons. The van der Waals surface area contributed by atoms with E-state index in [1.54, 1.807) is 0 Å². The fourth-order valence-corrected chi connectivity index (χ4v) is 5.81. The van der Waals surface area contributed by atoms with Gasteiger partial charge in [-0.05, 0) is 55.9 Å². The van der Waals surface area contributed by atoms with E-state index >= 15 is 0 Å². The standard InChI is InChI=1S/C33H39N3O3/c1-5-38-29-17-27-28(18-30(29)39-6-2)35-33(37)31(27)32(25-10-8-7-9-11-25)34-26-14-12-24(13-15-26)21-36-19-22(3)16-23(4)20-36/h7-15,17-18,22-23,35,37H,5-6,16,19-21H2,1-4H3. The Labute approximate surface area is 231 Å². The predicted molar refractivity (Wildman–Crippen MR) is 159 cm³/mol. The molecule has 2 N–H and O–H groups in total. The highest BCUT2D eigenvalue weighted by molar-refractivity contribution is 6.22. The van der Waals surface area contributed by atoms with E-state index in [-0.39, 0.29) is 5.88 Å². The molecule has 6 nitrogen and oxygen atoms in total. The van der Waals surface area contributed by atoms with Gasteiger partial charge in [-0.3, -0.25) is 4.90 Å². The number of aliphatic imine (C=N–C) groups is 1. The zero-order valence-electron chi connectivity index (χ0n) is 23.4. The average Bonchev–Trinajstić information content (AvgIpc) is 3.23. The quantitative estimate of drug-likeness (QED) is 0.225. The van der Waals surface area contributed by atoms with Crippen LogP contribution in [0.3, 0.4) is 0 Å². The van der Waals surface area contributed by atoms with Crippen LogP contribution < -0.4 is 9.47 Å². The van der Waals surface area contributed by atoms with Gasteiger partial charge < -0.3 is 19.6 Å². The molecule has 5 rings (SSSR count). The summed E-state index contributed by atoms with van der Waals surface area (Å²) in [7, 11) is 0. The number of fused-ring (bicyclic) bond motifs is 1. The molecule has 2 atom stereocenters. The van der Waals surface area contributed by atoms with Gasteiger partial charge >= 0.3 is 0 Å². The Bertz CT molecular complexity index is 1420. The van der Waals surface area contributed by atoms with Crippen molar-refractivity contribution in [2.75, 3.05) is 26.3 Å². The zero-order valence-corrected chi connectivity index (χ0v) is 23.4. The highest BCUT2D eigenvalue weighted by Crippen LogP contribution is 2.38. The van der Waals surface area contributed by atoms with Gasteiger partial charge in [-0.15, -0.1) is 0 Å². The van der Waals surface area contributed by atoms with Gasteiger partial charge in [0.2, 0.25) is 0 Å². The van der Waals surface area contributed by atoms with E-state index in [0.717, 1.165) is 53.6 Å². The summed E-state index contributed by atoms with van der Waals surface area (Å²) in [6, 6.07) is 22.3. The van der Waals surface area contributed by atoms with Gasteiger partial charge in [0.05, 0.1) is 35.7 Å². The van der Waals surface area contributed by atoms with Crippen molar-refractivity contribution in [3.63, 3.8) is 0 Å². The summed E-state index contributed by atoms with van der Waals surface area (Å²) >= 11 is 0. The van der Waals surface area contributed by atoms with Crippen LogP contribution in [0.1, 0.15) is 50.8 Å². The number of aromatic hydroxyl groups is 1. The number of ether oxygens (including phenoxy) is 2. The first kappa shape index (κ1) is 26.8. The maximum absolute atomic E-state index is 11.1. The minimum Gasteiger partial charge on any atom is -0.494 e. The summed E-state index contributed by atoms with van der Waals surface area (Å²) < 4.78 is 11.7. The van der Waals surface area contributed by atoms with E-state index in [4.69, 9.17) is 14.5 Å². The number of nitrogens with zero attached hydrogens (tertiary/aromatic N) is 2. The first-order valence-electron chi connectivity index (χ1n) is 14.0. The number of aromatic nitrogens is 1. The number of hydrogen-bond acceptors (Lipinski definition) is 5. The molecule has 2 unspecified atom stereocenters. The molecule has 0 amide bonds. The third kappa shape index (κ3) is 6.12. The van der Waals surface area contributed by atoms with Crippen molar-refractivity contribution in [1.82, 2.24) is 9.88 Å². The van der Waals surface area contributed by atoms with Gasteiger partial charge in [0.1, 0.15) is 0 Å². The number of likely N-dealkylation sites (tertiary alicyclic amines) is 1. The molecule has 0 aliphatic carbocycles. The van der Waals surface area contributed by atoms with Crippen molar-refractivity contribution in [3.8, 4) is 17.4 Å². The van der Waals surface area contributed by atoms with Crippen LogP contribution in [0, 0.1) is 11.8 Å². The maximum atomic E-state index is 11.1. The summed E-state index contributed by atoms with van der Waals surface area (Å²) in [5, 5.41) is 12.0. The predicted octanol–water partition coefficient (Wildman–Crippen LogP) is 7.32. The second-order valence-electron chi connectivity index (χ2n) is 10.7. The molecule has 4 aromatic rings. The molecule has 3 aromatic carbocycles.